The van der Waals surface area contributed by atoms with Crippen molar-refractivity contribution in [1.29, 1.82) is 0 Å². The Labute approximate surface area is 208 Å². The minimum atomic E-state index is -0.685. The minimum Gasteiger partial charge on any atom is -0.383 e. The van der Waals surface area contributed by atoms with Gasteiger partial charge < -0.3 is 25.6 Å². The van der Waals surface area contributed by atoms with Gasteiger partial charge in [-0.2, -0.15) is 0 Å². The molecule has 1 aliphatic rings. The number of fused-ring (bicyclic) bond motifs is 1. The molecule has 3 heterocycles. The van der Waals surface area contributed by atoms with Gasteiger partial charge in [-0.1, -0.05) is 12.1 Å². The molecule has 1 unspecified atom stereocenters. The number of benzene rings is 1. The number of ether oxygens (including phenoxy) is 1. The second-order valence-electron chi connectivity index (χ2n) is 8.66. The van der Waals surface area contributed by atoms with E-state index < -0.39 is 6.04 Å². The summed E-state index contributed by atoms with van der Waals surface area (Å²) in [5, 5.41) is 3.38. The van der Waals surface area contributed by atoms with E-state index in [4.69, 9.17) is 10.5 Å². The van der Waals surface area contributed by atoms with Crippen molar-refractivity contribution in [2.24, 2.45) is 0 Å². The largest absolute Gasteiger partial charge is 0.383 e. The van der Waals surface area contributed by atoms with E-state index in [2.05, 4.69) is 20.3 Å². The van der Waals surface area contributed by atoms with Gasteiger partial charge in [0.15, 0.2) is 0 Å². The smallest absolute Gasteiger partial charge is 0.248 e. The van der Waals surface area contributed by atoms with Crippen molar-refractivity contribution >= 4 is 40.3 Å². The number of methoxy groups -OCH3 is 1. The number of hydrogen-bond acceptors (Lipinski definition) is 8. The summed E-state index contributed by atoms with van der Waals surface area (Å²) in [6, 6.07) is 8.50. The average molecular weight is 492 g/mol. The Kier molecular flexibility index (Phi) is 7.69. The highest BCUT2D eigenvalue weighted by molar-refractivity contribution is 5.90. The number of anilines is 2. The van der Waals surface area contributed by atoms with E-state index >= 15 is 0 Å². The Morgan fingerprint density at radius 1 is 1.14 bits per heavy atom. The molecule has 1 aliphatic heterocycles. The number of pyridine rings is 1. The average Bonchev–Trinajstić information content (AvgIpc) is 2.86. The Morgan fingerprint density at radius 3 is 2.67 bits per heavy atom. The summed E-state index contributed by atoms with van der Waals surface area (Å²) in [6.45, 7) is 2.77. The van der Waals surface area contributed by atoms with Crippen LogP contribution in [0.2, 0.25) is 0 Å². The summed E-state index contributed by atoms with van der Waals surface area (Å²) in [7, 11) is 1.52. The van der Waals surface area contributed by atoms with Gasteiger partial charge in [-0.25, -0.2) is 15.0 Å². The van der Waals surface area contributed by atoms with Gasteiger partial charge in [0, 0.05) is 51.7 Å². The van der Waals surface area contributed by atoms with Crippen molar-refractivity contribution in [3.05, 3.63) is 54.0 Å². The molecule has 3 N–H and O–H groups in total. The van der Waals surface area contributed by atoms with E-state index in [0.717, 1.165) is 16.5 Å². The third kappa shape index (κ3) is 5.74. The van der Waals surface area contributed by atoms with Crippen molar-refractivity contribution in [3.8, 4) is 0 Å². The maximum atomic E-state index is 13.3. The molecule has 36 heavy (non-hydrogen) atoms. The molecule has 11 heteroatoms. The number of hydrogen-bond donors (Lipinski definition) is 2. The molecule has 0 spiro atoms. The van der Waals surface area contributed by atoms with E-state index in [0.29, 0.717) is 43.2 Å². The van der Waals surface area contributed by atoms with E-state index in [1.807, 2.05) is 24.3 Å². The Morgan fingerprint density at radius 2 is 1.94 bits per heavy atom. The first-order valence-electron chi connectivity index (χ1n) is 11.6. The number of piperazine rings is 1. The number of nitrogen functional groups attached to an aromatic ring is 1. The second-order valence-corrected chi connectivity index (χ2v) is 8.66. The van der Waals surface area contributed by atoms with E-state index in [1.54, 1.807) is 22.1 Å². The molecule has 1 aromatic carbocycles. The number of rotatable bonds is 8. The Hall–Kier alpha value is -4.12. The highest BCUT2D eigenvalue weighted by atomic mass is 16.5. The predicted molar refractivity (Wildman–Crippen MR) is 134 cm³/mol. The number of nitrogens with zero attached hydrogens (tertiary/aromatic N) is 5. The lowest BCUT2D eigenvalue weighted by molar-refractivity contribution is -0.154. The normalized spacial score (nSPS) is 15.8. The van der Waals surface area contributed by atoms with Gasteiger partial charge in [0.25, 0.3) is 0 Å². The quantitative estimate of drug-likeness (QED) is 0.481. The fourth-order valence-corrected chi connectivity index (χ4v) is 4.28. The van der Waals surface area contributed by atoms with Crippen LogP contribution in [0.25, 0.3) is 10.9 Å². The van der Waals surface area contributed by atoms with Crippen LogP contribution in [0.1, 0.15) is 24.5 Å². The fourth-order valence-electron chi connectivity index (χ4n) is 4.28. The van der Waals surface area contributed by atoms with Crippen molar-refractivity contribution < 1.29 is 19.1 Å². The van der Waals surface area contributed by atoms with Gasteiger partial charge in [-0.05, 0) is 35.7 Å². The topological polar surface area (TPSA) is 144 Å². The lowest BCUT2D eigenvalue weighted by atomic mass is 10.1. The third-order valence-electron chi connectivity index (χ3n) is 6.09. The third-order valence-corrected chi connectivity index (χ3v) is 6.09. The number of aromatic nitrogens is 3. The molecule has 1 saturated heterocycles. The van der Waals surface area contributed by atoms with E-state index in [1.165, 1.54) is 20.4 Å². The Balaban J connectivity index is 1.39. The monoisotopic (exact) mass is 491 g/mol. The second kappa shape index (κ2) is 11.1. The fraction of sp³-hybridized carbons (Fsp3) is 0.360. The van der Waals surface area contributed by atoms with Crippen LogP contribution in [0, 0.1) is 0 Å². The molecular weight excluding hydrogens is 462 g/mol. The zero-order valence-electron chi connectivity index (χ0n) is 20.3. The van der Waals surface area contributed by atoms with Crippen LogP contribution in [-0.2, 0) is 32.1 Å². The SMILES string of the molecule is COCC1C(=O)N(Cc2ccc3c(N)ncnc3c2)CCN1C(=O)CCc1ccc(NC(C)=O)nc1. The molecule has 3 amide bonds. The van der Waals surface area contributed by atoms with Crippen molar-refractivity contribution in [3.63, 3.8) is 0 Å². The van der Waals surface area contributed by atoms with Crippen LogP contribution in [0.4, 0.5) is 11.6 Å². The van der Waals surface area contributed by atoms with E-state index in [9.17, 15) is 14.4 Å². The summed E-state index contributed by atoms with van der Waals surface area (Å²) in [5.41, 5.74) is 8.41. The maximum absolute atomic E-state index is 13.3. The van der Waals surface area contributed by atoms with Gasteiger partial charge in [0.05, 0.1) is 12.1 Å². The van der Waals surface area contributed by atoms with Gasteiger partial charge in [-0.3, -0.25) is 14.4 Å². The number of aryl methyl sites for hydroxylation is 1. The number of nitrogens with two attached hydrogens (primary N) is 1. The number of carbonyl (C=O) groups excluding carboxylic acids is 3. The van der Waals surface area contributed by atoms with Crippen LogP contribution in [0.5, 0.6) is 0 Å². The molecule has 2 aromatic heterocycles. The zero-order valence-corrected chi connectivity index (χ0v) is 20.3. The summed E-state index contributed by atoms with van der Waals surface area (Å²) in [4.78, 5) is 53.3. The lowest BCUT2D eigenvalue weighted by Gasteiger charge is -2.40. The van der Waals surface area contributed by atoms with Crippen LogP contribution in [0.3, 0.4) is 0 Å². The number of carbonyl (C=O) groups is 3. The molecule has 0 radical (unpaired) electrons. The predicted octanol–water partition coefficient (Wildman–Crippen LogP) is 1.38. The van der Waals surface area contributed by atoms with E-state index in [-0.39, 0.29) is 30.7 Å². The molecule has 11 nitrogen and oxygen atoms in total. The molecular formula is C25H29N7O4. The first kappa shape index (κ1) is 25.0. The first-order valence-corrected chi connectivity index (χ1v) is 11.6. The highest BCUT2D eigenvalue weighted by Crippen LogP contribution is 2.21. The minimum absolute atomic E-state index is 0.117. The van der Waals surface area contributed by atoms with Crippen molar-refractivity contribution in [1.82, 2.24) is 24.8 Å². The number of amides is 3. The molecule has 0 saturated carbocycles. The summed E-state index contributed by atoms with van der Waals surface area (Å²) >= 11 is 0. The van der Waals surface area contributed by atoms with Crippen molar-refractivity contribution in [2.75, 3.05) is 37.9 Å². The van der Waals surface area contributed by atoms with Gasteiger partial charge in [-0.15, -0.1) is 0 Å². The van der Waals surface area contributed by atoms with Gasteiger partial charge >= 0.3 is 0 Å². The molecule has 1 atom stereocenters. The zero-order chi connectivity index (χ0) is 25.7. The van der Waals surface area contributed by atoms with Crippen LogP contribution in [-0.4, -0.2) is 75.3 Å². The lowest BCUT2D eigenvalue weighted by Crippen LogP contribution is -2.60. The molecule has 4 rings (SSSR count). The number of nitrogens with one attached hydrogen (secondary N) is 1. The van der Waals surface area contributed by atoms with Gasteiger partial charge in [0.1, 0.15) is 24.0 Å². The van der Waals surface area contributed by atoms with Crippen LogP contribution >= 0.6 is 0 Å². The standard InChI is InChI=1S/C25H29N7O4/c1-16(33)30-22-7-4-17(12-27-22)5-8-23(34)32-10-9-31(25(35)21(32)14-36-2)13-18-3-6-19-20(11-18)28-15-29-24(19)26/h3-4,6-7,11-12,15,21H,5,8-10,13-14H2,1-2H3,(H2,26,28,29)(H,27,30,33). The molecule has 1 fully saturated rings. The van der Waals surface area contributed by atoms with Crippen LogP contribution < -0.4 is 11.1 Å². The molecule has 0 bridgehead atoms. The van der Waals surface area contributed by atoms with Crippen LogP contribution in [0.15, 0.2) is 42.9 Å². The maximum Gasteiger partial charge on any atom is 0.248 e. The highest BCUT2D eigenvalue weighted by Gasteiger charge is 2.37. The molecule has 3 aromatic rings. The Bertz CT molecular complexity index is 1270. The van der Waals surface area contributed by atoms with Gasteiger partial charge in [0.2, 0.25) is 17.7 Å². The summed E-state index contributed by atoms with van der Waals surface area (Å²) in [5.74, 6) is 0.405. The first-order chi connectivity index (χ1) is 17.4. The molecule has 188 valence electrons. The van der Waals surface area contributed by atoms with Crippen molar-refractivity contribution in [2.45, 2.75) is 32.4 Å². The summed E-state index contributed by atoms with van der Waals surface area (Å²) < 4.78 is 5.29. The molecule has 0 aliphatic carbocycles. The summed E-state index contributed by atoms with van der Waals surface area (Å²) in [6.07, 6.45) is 3.76.